The molecule has 0 amide bonds. The second kappa shape index (κ2) is 5.23. The lowest BCUT2D eigenvalue weighted by Crippen LogP contribution is -2.24. The first-order valence-corrected chi connectivity index (χ1v) is 5.78. The maximum atomic E-state index is 9.02. The van der Waals surface area contributed by atoms with Gasteiger partial charge in [0.2, 0.25) is 0 Å². The van der Waals surface area contributed by atoms with Gasteiger partial charge in [-0.15, -0.1) is 0 Å². The Hall–Kier alpha value is 0.270. The molecule has 0 aliphatic heterocycles. The zero-order valence-electron chi connectivity index (χ0n) is 9.13. The monoisotopic (exact) mass is 206 g/mol. The fraction of sp³-hybridized carbons (Fsp3) is 1.00. The standard InChI is InChI=1S/C10H22O2S/c1-9(2,5-11)7-13-8-10(3,4)6-12/h11-12H,5-8H2,1-4H3. The van der Waals surface area contributed by atoms with Crippen LogP contribution in [0.4, 0.5) is 0 Å². The first-order valence-electron chi connectivity index (χ1n) is 4.62. The minimum Gasteiger partial charge on any atom is -0.396 e. The van der Waals surface area contributed by atoms with Crippen molar-refractivity contribution < 1.29 is 10.2 Å². The number of aliphatic hydroxyl groups is 2. The molecule has 0 spiro atoms. The van der Waals surface area contributed by atoms with E-state index in [1.54, 1.807) is 11.8 Å². The molecule has 0 radical (unpaired) electrons. The highest BCUT2D eigenvalue weighted by Gasteiger charge is 2.20. The maximum absolute atomic E-state index is 9.02. The summed E-state index contributed by atoms with van der Waals surface area (Å²) in [5, 5.41) is 18.0. The Bertz CT molecular complexity index is 128. The van der Waals surface area contributed by atoms with Gasteiger partial charge in [0, 0.05) is 24.7 Å². The van der Waals surface area contributed by atoms with E-state index in [1.165, 1.54) is 0 Å². The highest BCUT2D eigenvalue weighted by atomic mass is 32.2. The maximum Gasteiger partial charge on any atom is 0.0490 e. The summed E-state index contributed by atoms with van der Waals surface area (Å²) in [6.45, 7) is 8.63. The molecule has 13 heavy (non-hydrogen) atoms. The van der Waals surface area contributed by atoms with Gasteiger partial charge in [0.15, 0.2) is 0 Å². The van der Waals surface area contributed by atoms with Gasteiger partial charge in [0.25, 0.3) is 0 Å². The van der Waals surface area contributed by atoms with E-state index in [4.69, 9.17) is 10.2 Å². The van der Waals surface area contributed by atoms with Crippen LogP contribution in [0.3, 0.4) is 0 Å². The molecule has 2 N–H and O–H groups in total. The molecule has 0 unspecified atom stereocenters. The van der Waals surface area contributed by atoms with E-state index >= 15 is 0 Å². The molecule has 0 rings (SSSR count). The topological polar surface area (TPSA) is 40.5 Å². The van der Waals surface area contributed by atoms with Crippen LogP contribution in [0.1, 0.15) is 27.7 Å². The van der Waals surface area contributed by atoms with Crippen molar-refractivity contribution in [3.8, 4) is 0 Å². The van der Waals surface area contributed by atoms with Crippen LogP contribution in [0.25, 0.3) is 0 Å². The molecular formula is C10H22O2S. The first kappa shape index (κ1) is 13.3. The van der Waals surface area contributed by atoms with E-state index < -0.39 is 0 Å². The fourth-order valence-electron chi connectivity index (χ4n) is 0.695. The zero-order chi connectivity index (χ0) is 10.5. The lowest BCUT2D eigenvalue weighted by molar-refractivity contribution is 0.176. The van der Waals surface area contributed by atoms with Crippen molar-refractivity contribution in [1.29, 1.82) is 0 Å². The van der Waals surface area contributed by atoms with E-state index in [2.05, 4.69) is 0 Å². The van der Waals surface area contributed by atoms with Crippen molar-refractivity contribution in [3.05, 3.63) is 0 Å². The van der Waals surface area contributed by atoms with Gasteiger partial charge in [-0.05, 0) is 10.8 Å². The molecule has 0 fully saturated rings. The Balaban J connectivity index is 3.68. The third-order valence-electron chi connectivity index (χ3n) is 1.84. The van der Waals surface area contributed by atoms with Gasteiger partial charge in [-0.2, -0.15) is 11.8 Å². The average Bonchev–Trinajstić information content (AvgIpc) is 2.04. The molecule has 0 atom stereocenters. The van der Waals surface area contributed by atoms with Gasteiger partial charge in [0.1, 0.15) is 0 Å². The molecule has 0 aromatic heterocycles. The summed E-state index contributed by atoms with van der Waals surface area (Å²) in [6, 6.07) is 0. The Labute approximate surface area is 85.7 Å². The normalized spacial score (nSPS) is 13.4. The predicted octanol–water partition coefficient (Wildman–Crippen LogP) is 1.76. The summed E-state index contributed by atoms with van der Waals surface area (Å²) in [5.41, 5.74) is -0.00753. The molecule has 0 saturated heterocycles. The summed E-state index contributed by atoms with van der Waals surface area (Å²) in [6.07, 6.45) is 0. The summed E-state index contributed by atoms with van der Waals surface area (Å²) in [5.74, 6) is 1.87. The second-order valence-corrected chi connectivity index (χ2v) is 6.12. The van der Waals surface area contributed by atoms with Crippen LogP contribution in [-0.2, 0) is 0 Å². The molecule has 0 heterocycles. The summed E-state index contributed by atoms with van der Waals surface area (Å²) in [4.78, 5) is 0. The highest BCUT2D eigenvalue weighted by Crippen LogP contribution is 2.26. The van der Waals surface area contributed by atoms with Crippen molar-refractivity contribution in [2.24, 2.45) is 10.8 Å². The summed E-state index contributed by atoms with van der Waals surface area (Å²) < 4.78 is 0. The van der Waals surface area contributed by atoms with Gasteiger partial charge >= 0.3 is 0 Å². The van der Waals surface area contributed by atoms with E-state index in [0.29, 0.717) is 0 Å². The molecule has 0 saturated carbocycles. The molecule has 2 nitrogen and oxygen atoms in total. The smallest absolute Gasteiger partial charge is 0.0490 e. The van der Waals surface area contributed by atoms with Crippen LogP contribution in [-0.4, -0.2) is 34.9 Å². The largest absolute Gasteiger partial charge is 0.396 e. The molecule has 80 valence electrons. The number of aliphatic hydroxyl groups excluding tert-OH is 2. The minimum atomic E-state index is -0.00377. The van der Waals surface area contributed by atoms with Crippen molar-refractivity contribution in [3.63, 3.8) is 0 Å². The van der Waals surface area contributed by atoms with Crippen LogP contribution in [0.2, 0.25) is 0 Å². The van der Waals surface area contributed by atoms with Crippen molar-refractivity contribution in [2.45, 2.75) is 27.7 Å². The molecule has 0 aliphatic rings. The minimum absolute atomic E-state index is 0.00377. The van der Waals surface area contributed by atoms with Crippen LogP contribution >= 0.6 is 11.8 Å². The highest BCUT2D eigenvalue weighted by molar-refractivity contribution is 7.99. The lowest BCUT2D eigenvalue weighted by Gasteiger charge is -2.25. The molecule has 3 heteroatoms. The van der Waals surface area contributed by atoms with Crippen LogP contribution in [0.15, 0.2) is 0 Å². The predicted molar refractivity (Wildman–Crippen MR) is 59.1 cm³/mol. The Morgan fingerprint density at radius 3 is 1.38 bits per heavy atom. The van der Waals surface area contributed by atoms with Gasteiger partial charge in [-0.25, -0.2) is 0 Å². The molecule has 0 aromatic carbocycles. The Kier molecular flexibility index (Phi) is 5.33. The Morgan fingerprint density at radius 1 is 0.846 bits per heavy atom. The molecular weight excluding hydrogens is 184 g/mol. The molecule has 0 aromatic rings. The van der Waals surface area contributed by atoms with E-state index in [0.717, 1.165) is 11.5 Å². The average molecular weight is 206 g/mol. The zero-order valence-corrected chi connectivity index (χ0v) is 9.95. The van der Waals surface area contributed by atoms with Gasteiger partial charge in [-0.3, -0.25) is 0 Å². The fourth-order valence-corrected chi connectivity index (χ4v) is 2.08. The quantitative estimate of drug-likeness (QED) is 0.695. The number of hydrogen-bond donors (Lipinski definition) is 2. The summed E-state index contributed by atoms with van der Waals surface area (Å²) in [7, 11) is 0. The van der Waals surface area contributed by atoms with Crippen molar-refractivity contribution in [1.82, 2.24) is 0 Å². The van der Waals surface area contributed by atoms with E-state index in [9.17, 15) is 0 Å². The molecule has 0 bridgehead atoms. The second-order valence-electron chi connectivity index (χ2n) is 5.14. The third-order valence-corrected chi connectivity index (χ3v) is 3.81. The summed E-state index contributed by atoms with van der Waals surface area (Å²) >= 11 is 1.80. The van der Waals surface area contributed by atoms with Gasteiger partial charge in [0.05, 0.1) is 0 Å². The SMILES string of the molecule is CC(C)(CO)CSCC(C)(C)CO. The van der Waals surface area contributed by atoms with E-state index in [1.807, 2.05) is 27.7 Å². The van der Waals surface area contributed by atoms with Gasteiger partial charge in [-0.1, -0.05) is 27.7 Å². The third kappa shape index (κ3) is 6.36. The van der Waals surface area contributed by atoms with Crippen LogP contribution in [0, 0.1) is 10.8 Å². The lowest BCUT2D eigenvalue weighted by atomic mass is 9.98. The Morgan fingerprint density at radius 2 is 1.15 bits per heavy atom. The number of thioether (sulfide) groups is 1. The first-order chi connectivity index (χ1) is 5.83. The van der Waals surface area contributed by atoms with E-state index in [-0.39, 0.29) is 24.0 Å². The van der Waals surface area contributed by atoms with Crippen LogP contribution < -0.4 is 0 Å². The van der Waals surface area contributed by atoms with Gasteiger partial charge < -0.3 is 10.2 Å². The number of rotatable bonds is 6. The van der Waals surface area contributed by atoms with Crippen LogP contribution in [0.5, 0.6) is 0 Å². The molecule has 0 aliphatic carbocycles. The number of hydrogen-bond acceptors (Lipinski definition) is 3. The van der Waals surface area contributed by atoms with Crippen molar-refractivity contribution >= 4 is 11.8 Å². The van der Waals surface area contributed by atoms with Crippen molar-refractivity contribution in [2.75, 3.05) is 24.7 Å².